The highest BCUT2D eigenvalue weighted by Gasteiger charge is 2.32. The van der Waals surface area contributed by atoms with E-state index in [1.165, 1.54) is 33.4 Å². The first-order chi connectivity index (χ1) is 14.6. The van der Waals surface area contributed by atoms with Crippen molar-refractivity contribution in [2.45, 2.75) is 125 Å². The van der Waals surface area contributed by atoms with Gasteiger partial charge in [-0.05, 0) is 81.0 Å². The zero-order chi connectivity index (χ0) is 25.9. The van der Waals surface area contributed by atoms with Gasteiger partial charge in [0.25, 0.3) is 0 Å². The zero-order valence-corrected chi connectivity index (χ0v) is 23.8. The van der Waals surface area contributed by atoms with Crippen LogP contribution >= 0.6 is 0 Å². The second kappa shape index (κ2) is 8.36. The van der Waals surface area contributed by atoms with Crippen LogP contribution in [0.15, 0.2) is 12.1 Å². The van der Waals surface area contributed by atoms with Crippen molar-refractivity contribution in [2.24, 2.45) is 0 Å². The van der Waals surface area contributed by atoms with Gasteiger partial charge in [-0.25, -0.2) is 0 Å². The van der Waals surface area contributed by atoms with Crippen molar-refractivity contribution in [1.29, 1.82) is 0 Å². The molecule has 0 fully saturated rings. The molecule has 0 aliphatic heterocycles. The summed E-state index contributed by atoms with van der Waals surface area (Å²) in [4.78, 5) is 0. The average Bonchev–Trinajstić information content (AvgIpc) is 2.56. The van der Waals surface area contributed by atoms with Crippen LogP contribution < -0.4 is 0 Å². The molecule has 2 rings (SSSR count). The van der Waals surface area contributed by atoms with Gasteiger partial charge in [0.15, 0.2) is 0 Å². The Labute approximate surface area is 203 Å². The van der Waals surface area contributed by atoms with Crippen LogP contribution in [0.5, 0.6) is 11.5 Å². The van der Waals surface area contributed by atoms with Gasteiger partial charge in [-0.3, -0.25) is 0 Å². The van der Waals surface area contributed by atoms with Crippen LogP contribution in [0.2, 0.25) is 0 Å². The smallest absolute Gasteiger partial charge is 0.119 e. The van der Waals surface area contributed by atoms with E-state index in [-0.39, 0.29) is 21.7 Å². The molecule has 0 unspecified atom stereocenters. The van der Waals surface area contributed by atoms with Crippen LogP contribution in [-0.4, -0.2) is 10.2 Å². The molecule has 2 heteroatoms. The molecule has 0 heterocycles. The molecule has 0 bridgehead atoms. The second-order valence-electron chi connectivity index (χ2n) is 14.0. The van der Waals surface area contributed by atoms with E-state index in [2.05, 4.69) is 96.9 Å². The van der Waals surface area contributed by atoms with E-state index >= 15 is 0 Å². The number of phenols is 2. The summed E-state index contributed by atoms with van der Waals surface area (Å²) in [6.07, 6.45) is 0.507. The first kappa shape index (κ1) is 27.3. The number of hydrogen-bond donors (Lipinski definition) is 2. The molecule has 2 aromatic rings. The normalized spacial score (nSPS) is 13.5. The van der Waals surface area contributed by atoms with Gasteiger partial charge in [0.2, 0.25) is 0 Å². The van der Waals surface area contributed by atoms with Crippen LogP contribution in [0.1, 0.15) is 128 Å². The van der Waals surface area contributed by atoms with Crippen molar-refractivity contribution >= 4 is 0 Å². The summed E-state index contributed by atoms with van der Waals surface area (Å²) >= 11 is 0. The number of benzene rings is 2. The van der Waals surface area contributed by atoms with E-state index in [4.69, 9.17) is 0 Å². The fourth-order valence-corrected chi connectivity index (χ4v) is 5.77. The van der Waals surface area contributed by atoms with Gasteiger partial charge in [0.1, 0.15) is 11.5 Å². The molecular formula is C31H48O2. The van der Waals surface area contributed by atoms with Crippen molar-refractivity contribution in [1.82, 2.24) is 0 Å². The minimum atomic E-state index is -0.143. The molecule has 0 amide bonds. The SMILES string of the molecule is Cc1c(C(C)(C)C)cc(O)c(Cc2c(O)cc(C(C)(C)C)c(C)c2C(C)(C)C)c1C(C)(C)C. The first-order valence-electron chi connectivity index (χ1n) is 12.3. The Morgan fingerprint density at radius 3 is 1.00 bits per heavy atom. The van der Waals surface area contributed by atoms with E-state index in [1.807, 2.05) is 12.1 Å². The van der Waals surface area contributed by atoms with Gasteiger partial charge < -0.3 is 10.2 Å². The van der Waals surface area contributed by atoms with E-state index < -0.39 is 0 Å². The maximum Gasteiger partial charge on any atom is 0.119 e. The van der Waals surface area contributed by atoms with Gasteiger partial charge in [0, 0.05) is 17.5 Å². The van der Waals surface area contributed by atoms with Crippen molar-refractivity contribution in [3.63, 3.8) is 0 Å². The molecule has 2 nitrogen and oxygen atoms in total. The summed E-state index contributed by atoms with van der Waals surface area (Å²) in [5.74, 6) is 0.652. The molecule has 0 aliphatic rings. The molecule has 0 aliphatic carbocycles. The Kier molecular flexibility index (Phi) is 6.91. The molecule has 2 aromatic carbocycles. The van der Waals surface area contributed by atoms with Crippen LogP contribution in [0.3, 0.4) is 0 Å². The van der Waals surface area contributed by atoms with E-state index in [0.29, 0.717) is 17.9 Å². The molecule has 0 saturated heterocycles. The minimum Gasteiger partial charge on any atom is -0.508 e. The largest absolute Gasteiger partial charge is 0.508 e. The maximum atomic E-state index is 11.3. The number of rotatable bonds is 2. The third kappa shape index (κ3) is 5.42. The number of hydrogen-bond acceptors (Lipinski definition) is 2. The fraction of sp³-hybridized carbons (Fsp3) is 0.613. The summed E-state index contributed by atoms with van der Waals surface area (Å²) in [7, 11) is 0. The van der Waals surface area contributed by atoms with Gasteiger partial charge in [-0.2, -0.15) is 0 Å². The predicted octanol–water partition coefficient (Wildman–Crippen LogP) is 8.50. The number of aromatic hydroxyl groups is 2. The predicted molar refractivity (Wildman–Crippen MR) is 143 cm³/mol. The van der Waals surface area contributed by atoms with Crippen LogP contribution in [0.4, 0.5) is 0 Å². The summed E-state index contributed by atoms with van der Waals surface area (Å²) in [6.45, 7) is 30.8. The lowest BCUT2D eigenvalue weighted by Crippen LogP contribution is -2.24. The fourth-order valence-electron chi connectivity index (χ4n) is 5.77. The standard InChI is InChI=1S/C31H48O2/c1-18-22(28(3,4)5)16-24(32)20(26(18)30(9,10)11)15-21-25(33)17-23(29(6,7)8)19(2)27(21)31(12,13)14/h16-17,32-33H,15H2,1-14H3. The molecule has 184 valence electrons. The van der Waals surface area contributed by atoms with Crippen LogP contribution in [0, 0.1) is 13.8 Å². The quantitative estimate of drug-likeness (QED) is 0.479. The van der Waals surface area contributed by atoms with Crippen LogP contribution in [0.25, 0.3) is 0 Å². The highest BCUT2D eigenvalue weighted by atomic mass is 16.3. The summed E-state index contributed by atoms with van der Waals surface area (Å²) in [5, 5.41) is 22.7. The third-order valence-corrected chi connectivity index (χ3v) is 6.81. The Bertz CT molecular complexity index is 958. The summed E-state index contributed by atoms with van der Waals surface area (Å²) in [5.41, 5.74) is 8.63. The Morgan fingerprint density at radius 2 is 0.788 bits per heavy atom. The van der Waals surface area contributed by atoms with Gasteiger partial charge in [-0.15, -0.1) is 0 Å². The van der Waals surface area contributed by atoms with E-state index in [9.17, 15) is 10.2 Å². The molecular weight excluding hydrogens is 404 g/mol. The lowest BCUT2D eigenvalue weighted by Gasteiger charge is -2.34. The first-order valence-corrected chi connectivity index (χ1v) is 12.3. The van der Waals surface area contributed by atoms with Crippen molar-refractivity contribution < 1.29 is 10.2 Å². The van der Waals surface area contributed by atoms with Gasteiger partial charge in [-0.1, -0.05) is 83.1 Å². The topological polar surface area (TPSA) is 40.5 Å². The second-order valence-corrected chi connectivity index (χ2v) is 14.0. The molecule has 0 aromatic heterocycles. The highest BCUT2D eigenvalue weighted by Crippen LogP contribution is 2.45. The summed E-state index contributed by atoms with van der Waals surface area (Å²) < 4.78 is 0. The monoisotopic (exact) mass is 452 g/mol. The Balaban J connectivity index is 2.95. The molecule has 33 heavy (non-hydrogen) atoms. The number of phenolic OH excluding ortho intramolecular Hbond substituents is 2. The Morgan fingerprint density at radius 1 is 0.515 bits per heavy atom. The third-order valence-electron chi connectivity index (χ3n) is 6.81. The molecule has 2 N–H and O–H groups in total. The molecule has 0 atom stereocenters. The van der Waals surface area contributed by atoms with Crippen molar-refractivity contribution in [3.05, 3.63) is 56.6 Å². The van der Waals surface area contributed by atoms with Gasteiger partial charge >= 0.3 is 0 Å². The maximum absolute atomic E-state index is 11.3. The van der Waals surface area contributed by atoms with E-state index in [0.717, 1.165) is 11.1 Å². The zero-order valence-electron chi connectivity index (χ0n) is 23.8. The summed E-state index contributed by atoms with van der Waals surface area (Å²) in [6, 6.07) is 3.90. The Hall–Kier alpha value is -1.96. The van der Waals surface area contributed by atoms with Gasteiger partial charge in [0.05, 0.1) is 0 Å². The molecule has 0 spiro atoms. The minimum absolute atomic E-state index is 0.0657. The van der Waals surface area contributed by atoms with Crippen LogP contribution in [-0.2, 0) is 28.1 Å². The highest BCUT2D eigenvalue weighted by molar-refractivity contribution is 5.59. The lowest BCUT2D eigenvalue weighted by molar-refractivity contribution is 0.448. The molecule has 0 saturated carbocycles. The average molecular weight is 453 g/mol. The lowest BCUT2D eigenvalue weighted by atomic mass is 9.71. The molecule has 0 radical (unpaired) electrons. The van der Waals surface area contributed by atoms with E-state index in [1.54, 1.807) is 0 Å². The van der Waals surface area contributed by atoms with Crippen molar-refractivity contribution in [2.75, 3.05) is 0 Å². The van der Waals surface area contributed by atoms with Crippen molar-refractivity contribution in [3.8, 4) is 11.5 Å².